The van der Waals surface area contributed by atoms with Gasteiger partial charge in [0.15, 0.2) is 9.84 Å². The summed E-state index contributed by atoms with van der Waals surface area (Å²) in [4.78, 5) is 18.2. The van der Waals surface area contributed by atoms with Crippen molar-refractivity contribution >= 4 is 38.8 Å². The summed E-state index contributed by atoms with van der Waals surface area (Å²) < 4.78 is 24.3. The summed E-state index contributed by atoms with van der Waals surface area (Å²) in [6, 6.07) is -0.233. The predicted octanol–water partition coefficient (Wildman–Crippen LogP) is 1.11. The molecule has 1 aliphatic rings. The van der Waals surface area contributed by atoms with Crippen LogP contribution in [0.25, 0.3) is 0 Å². The van der Waals surface area contributed by atoms with Crippen molar-refractivity contribution in [3.8, 4) is 0 Å². The molecule has 6 nitrogen and oxygen atoms in total. The second-order valence-electron chi connectivity index (χ2n) is 4.84. The van der Waals surface area contributed by atoms with Crippen LogP contribution < -0.4 is 5.73 Å². The largest absolute Gasteiger partial charge is 0.322 e. The standard InChI is InChI=1S/C12H19N3O3S3/c1-3-21(17,18)10-7-19-5-4-15(10)12(16)9-6-20-11(14-9)8(2)13/h6,8,10H,3-5,7,13H2,1-2H3. The highest BCUT2D eigenvalue weighted by Gasteiger charge is 2.36. The summed E-state index contributed by atoms with van der Waals surface area (Å²) in [6.07, 6.45) is 0. The lowest BCUT2D eigenvalue weighted by Crippen LogP contribution is -2.50. The third kappa shape index (κ3) is 3.58. The van der Waals surface area contributed by atoms with Crippen molar-refractivity contribution in [2.45, 2.75) is 25.3 Å². The first-order valence-corrected chi connectivity index (χ1v) is 10.4. The second-order valence-corrected chi connectivity index (χ2v) is 9.33. The van der Waals surface area contributed by atoms with Crippen molar-refractivity contribution < 1.29 is 13.2 Å². The Kier molecular flexibility index (Phi) is 5.29. The Labute approximate surface area is 133 Å². The van der Waals surface area contributed by atoms with Gasteiger partial charge in [0.05, 0.1) is 6.04 Å². The lowest BCUT2D eigenvalue weighted by atomic mass is 10.3. The number of hydrogen-bond donors (Lipinski definition) is 1. The van der Waals surface area contributed by atoms with Gasteiger partial charge in [-0.15, -0.1) is 11.3 Å². The maximum absolute atomic E-state index is 12.6. The third-order valence-corrected chi connectivity index (χ3v) is 7.63. The van der Waals surface area contributed by atoms with Crippen LogP contribution in [-0.2, 0) is 9.84 Å². The van der Waals surface area contributed by atoms with Crippen LogP contribution in [0.3, 0.4) is 0 Å². The minimum atomic E-state index is -3.30. The molecule has 0 spiro atoms. The lowest BCUT2D eigenvalue weighted by Gasteiger charge is -2.34. The normalized spacial score (nSPS) is 21.3. The van der Waals surface area contributed by atoms with Crippen LogP contribution in [-0.4, -0.2) is 53.4 Å². The summed E-state index contributed by atoms with van der Waals surface area (Å²) in [5, 5.41) is 1.58. The molecule has 0 aromatic carbocycles. The molecule has 2 atom stereocenters. The molecule has 0 aliphatic carbocycles. The van der Waals surface area contributed by atoms with Gasteiger partial charge < -0.3 is 10.6 Å². The summed E-state index contributed by atoms with van der Waals surface area (Å²) in [7, 11) is -3.30. The first-order chi connectivity index (χ1) is 9.86. The van der Waals surface area contributed by atoms with Gasteiger partial charge >= 0.3 is 0 Å². The van der Waals surface area contributed by atoms with E-state index in [9.17, 15) is 13.2 Å². The molecule has 1 aromatic heterocycles. The average Bonchev–Trinajstić information content (AvgIpc) is 2.96. The van der Waals surface area contributed by atoms with E-state index >= 15 is 0 Å². The Hall–Kier alpha value is -0.640. The molecule has 2 rings (SSSR count). The predicted molar refractivity (Wildman–Crippen MR) is 86.3 cm³/mol. The average molecular weight is 350 g/mol. The Balaban J connectivity index is 2.26. The number of thiazole rings is 1. The Morgan fingerprint density at radius 2 is 2.33 bits per heavy atom. The van der Waals surface area contributed by atoms with Crippen molar-refractivity contribution in [2.75, 3.05) is 23.8 Å². The topological polar surface area (TPSA) is 93.4 Å². The van der Waals surface area contributed by atoms with Gasteiger partial charge in [-0.05, 0) is 6.92 Å². The first kappa shape index (κ1) is 16.7. The zero-order chi connectivity index (χ0) is 15.6. The quantitative estimate of drug-likeness (QED) is 0.875. The highest BCUT2D eigenvalue weighted by atomic mass is 32.2. The van der Waals surface area contributed by atoms with Gasteiger partial charge in [0.2, 0.25) is 0 Å². The number of amides is 1. The van der Waals surface area contributed by atoms with Crippen LogP contribution in [0.15, 0.2) is 5.38 Å². The Bertz CT molecular complexity index is 612. The number of nitrogens with two attached hydrogens (primary N) is 1. The highest BCUT2D eigenvalue weighted by molar-refractivity contribution is 8.01. The number of aromatic nitrogens is 1. The van der Waals surface area contributed by atoms with E-state index in [1.807, 2.05) is 0 Å². The molecule has 1 fully saturated rings. The number of carbonyl (C=O) groups excluding carboxylic acids is 1. The number of thioether (sulfide) groups is 1. The molecule has 0 saturated carbocycles. The maximum atomic E-state index is 12.6. The van der Waals surface area contributed by atoms with E-state index in [0.717, 1.165) is 5.75 Å². The molecule has 1 amide bonds. The van der Waals surface area contributed by atoms with Crippen LogP contribution in [0, 0.1) is 0 Å². The fourth-order valence-electron chi connectivity index (χ4n) is 2.05. The molecule has 0 bridgehead atoms. The zero-order valence-electron chi connectivity index (χ0n) is 12.0. The molecule has 1 aliphatic heterocycles. The summed E-state index contributed by atoms with van der Waals surface area (Å²) in [6.45, 7) is 3.84. The van der Waals surface area contributed by atoms with E-state index in [1.165, 1.54) is 16.2 Å². The van der Waals surface area contributed by atoms with E-state index in [4.69, 9.17) is 5.73 Å². The number of rotatable bonds is 4. The van der Waals surface area contributed by atoms with Crippen molar-refractivity contribution in [3.05, 3.63) is 16.1 Å². The smallest absolute Gasteiger partial charge is 0.274 e. The van der Waals surface area contributed by atoms with E-state index in [1.54, 1.807) is 31.0 Å². The molecular formula is C12H19N3O3S3. The molecule has 9 heteroatoms. The van der Waals surface area contributed by atoms with Crippen LogP contribution in [0.5, 0.6) is 0 Å². The molecule has 1 aromatic rings. The van der Waals surface area contributed by atoms with Gasteiger partial charge in [-0.2, -0.15) is 11.8 Å². The molecule has 2 N–H and O–H groups in total. The number of nitrogens with zero attached hydrogens (tertiary/aromatic N) is 2. The lowest BCUT2D eigenvalue weighted by molar-refractivity contribution is 0.0744. The van der Waals surface area contributed by atoms with E-state index in [0.29, 0.717) is 17.3 Å². The summed E-state index contributed by atoms with van der Waals surface area (Å²) >= 11 is 2.89. The van der Waals surface area contributed by atoms with Gasteiger partial charge in [-0.3, -0.25) is 4.79 Å². The van der Waals surface area contributed by atoms with Gasteiger partial charge in [-0.25, -0.2) is 13.4 Å². The summed E-state index contributed by atoms with van der Waals surface area (Å²) in [5.41, 5.74) is 6.04. The summed E-state index contributed by atoms with van der Waals surface area (Å²) in [5.74, 6) is 0.878. The van der Waals surface area contributed by atoms with Gasteiger partial charge in [-0.1, -0.05) is 6.92 Å². The SMILES string of the molecule is CCS(=O)(=O)C1CSCCN1C(=O)c1csc(C(C)N)n1. The van der Waals surface area contributed by atoms with E-state index in [2.05, 4.69) is 4.98 Å². The molecule has 2 heterocycles. The molecule has 1 saturated heterocycles. The minimum Gasteiger partial charge on any atom is -0.322 e. The fraction of sp³-hybridized carbons (Fsp3) is 0.667. The Morgan fingerprint density at radius 3 is 2.90 bits per heavy atom. The fourth-order valence-corrected chi connectivity index (χ4v) is 5.76. The van der Waals surface area contributed by atoms with Crippen molar-refractivity contribution in [3.63, 3.8) is 0 Å². The molecule has 21 heavy (non-hydrogen) atoms. The monoisotopic (exact) mass is 349 g/mol. The molecule has 118 valence electrons. The molecular weight excluding hydrogens is 330 g/mol. The third-order valence-electron chi connectivity index (χ3n) is 3.29. The molecule has 2 unspecified atom stereocenters. The first-order valence-electron chi connectivity index (χ1n) is 6.68. The Morgan fingerprint density at radius 1 is 1.62 bits per heavy atom. The van der Waals surface area contributed by atoms with Crippen LogP contribution in [0.4, 0.5) is 0 Å². The highest BCUT2D eigenvalue weighted by Crippen LogP contribution is 2.24. The van der Waals surface area contributed by atoms with Crippen LogP contribution in [0.1, 0.15) is 35.4 Å². The number of carbonyl (C=O) groups is 1. The minimum absolute atomic E-state index is 0.0319. The van der Waals surface area contributed by atoms with Crippen LogP contribution in [0.2, 0.25) is 0 Å². The van der Waals surface area contributed by atoms with Gasteiger partial charge in [0.1, 0.15) is 16.1 Å². The molecule has 0 radical (unpaired) electrons. The van der Waals surface area contributed by atoms with Crippen molar-refractivity contribution in [1.82, 2.24) is 9.88 Å². The van der Waals surface area contributed by atoms with Crippen molar-refractivity contribution in [1.29, 1.82) is 0 Å². The second kappa shape index (κ2) is 6.64. The van der Waals surface area contributed by atoms with E-state index < -0.39 is 15.2 Å². The van der Waals surface area contributed by atoms with Gasteiger partial charge in [0, 0.05) is 29.2 Å². The van der Waals surface area contributed by atoms with Gasteiger partial charge in [0.25, 0.3) is 5.91 Å². The number of sulfone groups is 1. The van der Waals surface area contributed by atoms with E-state index in [-0.39, 0.29) is 23.4 Å². The zero-order valence-corrected chi connectivity index (χ0v) is 14.4. The maximum Gasteiger partial charge on any atom is 0.274 e. The van der Waals surface area contributed by atoms with Crippen LogP contribution >= 0.6 is 23.1 Å². The number of hydrogen-bond acceptors (Lipinski definition) is 7. The van der Waals surface area contributed by atoms with Crippen molar-refractivity contribution in [2.24, 2.45) is 5.73 Å².